The van der Waals surface area contributed by atoms with Gasteiger partial charge in [-0.3, -0.25) is 9.59 Å². The molecule has 1 spiro atoms. The minimum atomic E-state index is -0.493. The van der Waals surface area contributed by atoms with Crippen molar-refractivity contribution < 1.29 is 9.59 Å². The number of hydrogen-bond acceptors (Lipinski definition) is 3. The summed E-state index contributed by atoms with van der Waals surface area (Å²) in [5, 5.41) is 2.88. The van der Waals surface area contributed by atoms with Crippen LogP contribution in [0.25, 0.3) is 6.08 Å². The van der Waals surface area contributed by atoms with Gasteiger partial charge in [-0.25, -0.2) is 4.98 Å². The fourth-order valence-electron chi connectivity index (χ4n) is 3.22. The van der Waals surface area contributed by atoms with Crippen molar-refractivity contribution in [1.29, 1.82) is 0 Å². The molecule has 2 aliphatic rings. The molecule has 1 saturated carbocycles. The van der Waals surface area contributed by atoms with E-state index >= 15 is 0 Å². The number of hydrogen-bond donors (Lipinski definition) is 2. The van der Waals surface area contributed by atoms with Crippen LogP contribution in [0.15, 0.2) is 18.3 Å². The number of fused-ring (bicyclic) bond motifs is 2. The van der Waals surface area contributed by atoms with E-state index in [-0.39, 0.29) is 5.91 Å². The van der Waals surface area contributed by atoms with Crippen LogP contribution in [-0.2, 0) is 15.0 Å². The van der Waals surface area contributed by atoms with Crippen LogP contribution in [0.3, 0.4) is 0 Å². The Kier molecular flexibility index (Phi) is 3.04. The molecule has 1 aromatic heterocycles. The number of carbonyl (C=O) groups excluding carboxylic acids is 2. The summed E-state index contributed by atoms with van der Waals surface area (Å²) in [6, 6.07) is 1.95. The van der Waals surface area contributed by atoms with Gasteiger partial charge >= 0.3 is 0 Å². The second-order valence-electron chi connectivity index (χ2n) is 5.50. The van der Waals surface area contributed by atoms with E-state index in [2.05, 4.69) is 10.3 Å². The molecule has 1 aliphatic heterocycles. The van der Waals surface area contributed by atoms with Crippen LogP contribution in [0.5, 0.6) is 0 Å². The molecule has 20 heavy (non-hydrogen) atoms. The molecular weight excluding hydrogens is 254 g/mol. The summed E-state index contributed by atoms with van der Waals surface area (Å²) in [4.78, 5) is 27.4. The van der Waals surface area contributed by atoms with Gasteiger partial charge in [0, 0.05) is 17.8 Å². The number of nitrogens with zero attached hydrogens (tertiary/aromatic N) is 1. The molecular formula is C15H17N3O2. The number of aromatic nitrogens is 1. The molecule has 0 atom stereocenters. The van der Waals surface area contributed by atoms with Crippen LogP contribution in [0.4, 0.5) is 5.82 Å². The predicted octanol–water partition coefficient (Wildman–Crippen LogP) is 1.73. The van der Waals surface area contributed by atoms with Crippen molar-refractivity contribution in [3.8, 4) is 0 Å². The zero-order valence-corrected chi connectivity index (χ0v) is 11.2. The summed E-state index contributed by atoms with van der Waals surface area (Å²) >= 11 is 0. The maximum absolute atomic E-state index is 12.3. The second-order valence-corrected chi connectivity index (χ2v) is 5.50. The first-order valence-electron chi connectivity index (χ1n) is 6.91. The van der Waals surface area contributed by atoms with Gasteiger partial charge in [-0.2, -0.15) is 0 Å². The highest BCUT2D eigenvalue weighted by molar-refractivity contribution is 6.05. The summed E-state index contributed by atoms with van der Waals surface area (Å²) in [6.45, 7) is 0. The number of pyridine rings is 1. The Morgan fingerprint density at radius 3 is 2.80 bits per heavy atom. The fourth-order valence-corrected chi connectivity index (χ4v) is 3.22. The third kappa shape index (κ3) is 1.99. The first kappa shape index (κ1) is 12.8. The molecule has 1 aliphatic carbocycles. The smallest absolute Gasteiger partial charge is 0.241 e. The predicted molar refractivity (Wildman–Crippen MR) is 75.9 cm³/mol. The van der Waals surface area contributed by atoms with Crippen molar-refractivity contribution in [2.24, 2.45) is 5.73 Å². The third-order valence-electron chi connectivity index (χ3n) is 4.24. The van der Waals surface area contributed by atoms with Crippen LogP contribution in [0, 0.1) is 0 Å². The van der Waals surface area contributed by atoms with E-state index in [1.165, 1.54) is 12.5 Å². The van der Waals surface area contributed by atoms with Crippen molar-refractivity contribution in [1.82, 2.24) is 4.98 Å². The maximum atomic E-state index is 12.3. The van der Waals surface area contributed by atoms with Gasteiger partial charge in [-0.05, 0) is 30.5 Å². The van der Waals surface area contributed by atoms with Gasteiger partial charge in [0.25, 0.3) is 0 Å². The molecule has 3 N–H and O–H groups in total. The number of anilines is 1. The molecule has 2 heterocycles. The van der Waals surface area contributed by atoms with Gasteiger partial charge in [0.2, 0.25) is 11.8 Å². The molecule has 104 valence electrons. The van der Waals surface area contributed by atoms with Crippen molar-refractivity contribution in [3.05, 3.63) is 29.5 Å². The summed E-state index contributed by atoms with van der Waals surface area (Å²) < 4.78 is 0. The van der Waals surface area contributed by atoms with Crippen molar-refractivity contribution in [3.63, 3.8) is 0 Å². The summed E-state index contributed by atoms with van der Waals surface area (Å²) in [5.74, 6) is 0.232. The van der Waals surface area contributed by atoms with E-state index in [1.807, 2.05) is 6.07 Å². The SMILES string of the molecule is NC(=O)C=Cc1cnc2c(c1)C1(CCCCC1)C(=O)N2. The van der Waals surface area contributed by atoms with Crippen LogP contribution in [-0.4, -0.2) is 16.8 Å². The van der Waals surface area contributed by atoms with Crippen LogP contribution in [0.2, 0.25) is 0 Å². The number of nitrogens with two attached hydrogens (primary N) is 1. The Morgan fingerprint density at radius 2 is 2.10 bits per heavy atom. The van der Waals surface area contributed by atoms with E-state index in [1.54, 1.807) is 12.3 Å². The molecule has 0 aromatic carbocycles. The summed E-state index contributed by atoms with van der Waals surface area (Å²) in [6.07, 6.45) is 9.63. The van der Waals surface area contributed by atoms with Gasteiger partial charge in [0.1, 0.15) is 5.82 Å². The number of amides is 2. The molecule has 0 saturated heterocycles. The van der Waals surface area contributed by atoms with E-state index < -0.39 is 11.3 Å². The largest absolute Gasteiger partial charge is 0.366 e. The first-order valence-corrected chi connectivity index (χ1v) is 6.91. The molecule has 0 unspecified atom stereocenters. The molecule has 3 rings (SSSR count). The average molecular weight is 271 g/mol. The number of primary amides is 1. The molecule has 1 fully saturated rings. The van der Waals surface area contributed by atoms with Gasteiger partial charge in [-0.15, -0.1) is 0 Å². The zero-order chi connectivity index (χ0) is 14.2. The van der Waals surface area contributed by atoms with E-state index in [0.29, 0.717) is 5.82 Å². The highest BCUT2D eigenvalue weighted by Gasteiger charge is 2.47. The van der Waals surface area contributed by atoms with Gasteiger partial charge < -0.3 is 11.1 Å². The number of nitrogens with one attached hydrogen (secondary N) is 1. The van der Waals surface area contributed by atoms with E-state index in [0.717, 1.165) is 36.8 Å². The normalized spacial score (nSPS) is 20.1. The lowest BCUT2D eigenvalue weighted by Crippen LogP contribution is -2.36. The lowest BCUT2D eigenvalue weighted by atomic mass is 9.70. The van der Waals surface area contributed by atoms with Gasteiger partial charge in [-0.1, -0.05) is 19.3 Å². The van der Waals surface area contributed by atoms with Gasteiger partial charge in [0.15, 0.2) is 0 Å². The fraction of sp³-hybridized carbons (Fsp3) is 0.400. The van der Waals surface area contributed by atoms with Crippen molar-refractivity contribution >= 4 is 23.7 Å². The van der Waals surface area contributed by atoms with Crippen LogP contribution in [0.1, 0.15) is 43.2 Å². The Morgan fingerprint density at radius 1 is 1.35 bits per heavy atom. The van der Waals surface area contributed by atoms with E-state index in [4.69, 9.17) is 5.73 Å². The molecule has 0 radical (unpaired) electrons. The minimum absolute atomic E-state index is 0.0655. The molecule has 1 aromatic rings. The van der Waals surface area contributed by atoms with E-state index in [9.17, 15) is 9.59 Å². The highest BCUT2D eigenvalue weighted by Crippen LogP contribution is 2.46. The maximum Gasteiger partial charge on any atom is 0.241 e. The van der Waals surface area contributed by atoms with Crippen molar-refractivity contribution in [2.75, 3.05) is 5.32 Å². The Hall–Kier alpha value is -2.17. The molecule has 5 heteroatoms. The Bertz CT molecular complexity index is 601. The van der Waals surface area contributed by atoms with Crippen LogP contribution >= 0.6 is 0 Å². The summed E-state index contributed by atoms with van der Waals surface area (Å²) in [5.41, 5.74) is 6.44. The Labute approximate surface area is 117 Å². The summed E-state index contributed by atoms with van der Waals surface area (Å²) in [7, 11) is 0. The molecule has 2 amide bonds. The number of rotatable bonds is 2. The number of carbonyl (C=O) groups is 2. The lowest BCUT2D eigenvalue weighted by molar-refractivity contribution is -0.122. The van der Waals surface area contributed by atoms with Crippen molar-refractivity contribution in [2.45, 2.75) is 37.5 Å². The quantitative estimate of drug-likeness (QED) is 0.803. The average Bonchev–Trinajstić information content (AvgIpc) is 2.70. The lowest BCUT2D eigenvalue weighted by Gasteiger charge is -2.31. The highest BCUT2D eigenvalue weighted by atomic mass is 16.2. The first-order chi connectivity index (χ1) is 9.62. The van der Waals surface area contributed by atoms with Gasteiger partial charge in [0.05, 0.1) is 5.41 Å². The minimum Gasteiger partial charge on any atom is -0.366 e. The third-order valence-corrected chi connectivity index (χ3v) is 4.24. The molecule has 0 bridgehead atoms. The standard InChI is InChI=1S/C15H17N3O2/c16-12(19)5-4-10-8-11-13(17-9-10)18-14(20)15(11)6-2-1-3-7-15/h4-5,8-9H,1-3,6-7H2,(H2,16,19)(H,17,18,20). The molecule has 5 nitrogen and oxygen atoms in total. The Balaban J connectivity index is 2.01. The zero-order valence-electron chi connectivity index (χ0n) is 11.2. The van der Waals surface area contributed by atoms with Crippen LogP contribution < -0.4 is 11.1 Å². The monoisotopic (exact) mass is 271 g/mol. The topological polar surface area (TPSA) is 85.1 Å². The second kappa shape index (κ2) is 4.74.